The second-order valence-corrected chi connectivity index (χ2v) is 10.3. The van der Waals surface area contributed by atoms with E-state index >= 15 is 0 Å². The molecule has 2 fully saturated rings. The maximum atomic E-state index is 5.03. The molecule has 0 spiro atoms. The monoisotopic (exact) mass is 538 g/mol. The molecular formula is C35H58N2S. The Morgan fingerprint density at radius 1 is 0.711 bits per heavy atom. The molecule has 214 valence electrons. The van der Waals surface area contributed by atoms with E-state index in [0.717, 1.165) is 25.9 Å². The SMILES string of the molecule is C=C1CCCCC1c1ccc(C)cc1.C=C1CCCCC1c1ccccc1C.CCCN.CCCN.CS. The summed E-state index contributed by atoms with van der Waals surface area (Å²) in [6, 6.07) is 17.7. The summed E-state index contributed by atoms with van der Waals surface area (Å²) in [4.78, 5) is 0. The molecule has 0 amide bonds. The maximum Gasteiger partial charge on any atom is 0.00480 e. The molecule has 0 aromatic heterocycles. The van der Waals surface area contributed by atoms with Crippen LogP contribution in [0.15, 0.2) is 72.8 Å². The number of benzene rings is 2. The zero-order valence-corrected chi connectivity index (χ0v) is 26.2. The fourth-order valence-electron chi connectivity index (χ4n) is 4.71. The first-order chi connectivity index (χ1) is 18.4. The predicted molar refractivity (Wildman–Crippen MR) is 177 cm³/mol. The van der Waals surface area contributed by atoms with Crippen molar-refractivity contribution < 1.29 is 0 Å². The largest absolute Gasteiger partial charge is 0.330 e. The summed E-state index contributed by atoms with van der Waals surface area (Å²) in [6.07, 6.45) is 14.3. The average molecular weight is 539 g/mol. The number of nitrogens with two attached hydrogens (primary N) is 2. The second-order valence-electron chi connectivity index (χ2n) is 10.3. The quantitative estimate of drug-likeness (QED) is 0.268. The Labute approximate surface area is 241 Å². The fraction of sp³-hybridized carbons (Fsp3) is 0.543. The summed E-state index contributed by atoms with van der Waals surface area (Å²) in [7, 11) is 0. The van der Waals surface area contributed by atoms with Crippen molar-refractivity contribution in [2.24, 2.45) is 11.5 Å². The first-order valence-corrected chi connectivity index (χ1v) is 15.6. The minimum atomic E-state index is 0.629. The third kappa shape index (κ3) is 14.4. The van der Waals surface area contributed by atoms with Crippen molar-refractivity contribution in [1.82, 2.24) is 0 Å². The van der Waals surface area contributed by atoms with Crippen LogP contribution in [0.2, 0.25) is 0 Å². The summed E-state index contributed by atoms with van der Waals surface area (Å²) in [5, 5.41) is 0. The second kappa shape index (κ2) is 23.1. The van der Waals surface area contributed by atoms with E-state index in [-0.39, 0.29) is 0 Å². The number of hydrogen-bond donors (Lipinski definition) is 3. The van der Waals surface area contributed by atoms with E-state index in [0.29, 0.717) is 11.8 Å². The van der Waals surface area contributed by atoms with Gasteiger partial charge in [-0.1, -0.05) is 105 Å². The van der Waals surface area contributed by atoms with Crippen molar-refractivity contribution in [2.45, 2.75) is 104 Å². The molecule has 0 saturated heterocycles. The molecule has 2 aromatic rings. The van der Waals surface area contributed by atoms with Crippen LogP contribution in [0, 0.1) is 13.8 Å². The molecule has 2 aliphatic rings. The molecule has 0 radical (unpaired) electrons. The van der Waals surface area contributed by atoms with Gasteiger partial charge in [0, 0.05) is 11.8 Å². The van der Waals surface area contributed by atoms with Crippen molar-refractivity contribution >= 4 is 12.6 Å². The molecule has 4 rings (SSSR count). The molecule has 4 N–H and O–H groups in total. The maximum absolute atomic E-state index is 5.03. The van der Waals surface area contributed by atoms with Crippen molar-refractivity contribution in [3.63, 3.8) is 0 Å². The standard InChI is InChI=1S/2C14H18.2C3H9N.CH4S/c1-11-7-3-5-9-13(11)14-10-6-4-8-12(14)2;1-11-7-9-13(10-8-11)14-6-4-3-5-12(14)2;2*1-2-3-4;1-2/h4,6,8,10,13H,1,3,5,7,9H2,2H3;7-10,14H,2-6H2,1H3;2*2-4H2,1H3;2H,1H3. The van der Waals surface area contributed by atoms with Crippen molar-refractivity contribution in [3.8, 4) is 0 Å². The van der Waals surface area contributed by atoms with Gasteiger partial charge >= 0.3 is 0 Å². The van der Waals surface area contributed by atoms with E-state index in [2.05, 4.69) is 102 Å². The average Bonchev–Trinajstić information content (AvgIpc) is 2.96. The Bertz CT molecular complexity index is 864. The van der Waals surface area contributed by atoms with E-state index in [1.807, 2.05) is 0 Å². The lowest BCUT2D eigenvalue weighted by atomic mass is 9.79. The third-order valence-corrected chi connectivity index (χ3v) is 7.09. The molecule has 38 heavy (non-hydrogen) atoms. The van der Waals surface area contributed by atoms with Gasteiger partial charge in [-0.3, -0.25) is 0 Å². The normalized spacial score (nSPS) is 18.2. The highest BCUT2D eigenvalue weighted by molar-refractivity contribution is 7.79. The van der Waals surface area contributed by atoms with Crippen LogP contribution < -0.4 is 11.5 Å². The van der Waals surface area contributed by atoms with Crippen LogP contribution in [-0.2, 0) is 0 Å². The summed E-state index contributed by atoms with van der Waals surface area (Å²) in [5.41, 5.74) is 18.6. The van der Waals surface area contributed by atoms with Crippen LogP contribution in [0.3, 0.4) is 0 Å². The molecule has 3 heteroatoms. The van der Waals surface area contributed by atoms with E-state index in [4.69, 9.17) is 11.5 Å². The molecule has 0 heterocycles. The lowest BCUT2D eigenvalue weighted by Gasteiger charge is -2.26. The highest BCUT2D eigenvalue weighted by Crippen LogP contribution is 2.37. The topological polar surface area (TPSA) is 52.0 Å². The van der Waals surface area contributed by atoms with Gasteiger partial charge in [0.1, 0.15) is 0 Å². The van der Waals surface area contributed by atoms with Gasteiger partial charge in [-0.15, -0.1) is 0 Å². The molecular weight excluding hydrogens is 480 g/mol. The summed E-state index contributed by atoms with van der Waals surface area (Å²) in [6.45, 7) is 18.5. The summed E-state index contributed by atoms with van der Waals surface area (Å²) >= 11 is 3.53. The number of aryl methyl sites for hydroxylation is 2. The van der Waals surface area contributed by atoms with Gasteiger partial charge in [0.2, 0.25) is 0 Å². The Morgan fingerprint density at radius 3 is 1.58 bits per heavy atom. The summed E-state index contributed by atoms with van der Waals surface area (Å²) < 4.78 is 0. The van der Waals surface area contributed by atoms with Crippen molar-refractivity contribution in [2.75, 3.05) is 19.3 Å². The van der Waals surface area contributed by atoms with Gasteiger partial charge < -0.3 is 11.5 Å². The van der Waals surface area contributed by atoms with E-state index < -0.39 is 0 Å². The van der Waals surface area contributed by atoms with Gasteiger partial charge in [-0.2, -0.15) is 12.6 Å². The molecule has 2 aromatic carbocycles. The zero-order valence-electron chi connectivity index (χ0n) is 25.3. The van der Waals surface area contributed by atoms with Crippen LogP contribution in [-0.4, -0.2) is 19.3 Å². The van der Waals surface area contributed by atoms with Crippen LogP contribution in [0.4, 0.5) is 0 Å². The van der Waals surface area contributed by atoms with Gasteiger partial charge in [0.25, 0.3) is 0 Å². The van der Waals surface area contributed by atoms with Gasteiger partial charge in [0.15, 0.2) is 0 Å². The van der Waals surface area contributed by atoms with E-state index in [1.54, 1.807) is 6.26 Å². The lowest BCUT2D eigenvalue weighted by molar-refractivity contribution is 0.541. The first kappa shape index (κ1) is 36.2. The Kier molecular flexibility index (Phi) is 22.0. The number of thiol groups is 1. The van der Waals surface area contributed by atoms with Crippen LogP contribution in [0.25, 0.3) is 0 Å². The van der Waals surface area contributed by atoms with Gasteiger partial charge in [0.05, 0.1) is 0 Å². The highest BCUT2D eigenvalue weighted by Gasteiger charge is 2.20. The fourth-order valence-corrected chi connectivity index (χ4v) is 4.71. The van der Waals surface area contributed by atoms with Crippen molar-refractivity contribution in [3.05, 3.63) is 95.1 Å². The van der Waals surface area contributed by atoms with Gasteiger partial charge in [-0.25, -0.2) is 0 Å². The van der Waals surface area contributed by atoms with Crippen molar-refractivity contribution in [1.29, 1.82) is 0 Å². The number of hydrogen-bond acceptors (Lipinski definition) is 3. The number of rotatable bonds is 4. The Morgan fingerprint density at radius 2 is 1.16 bits per heavy atom. The summed E-state index contributed by atoms with van der Waals surface area (Å²) in [5.74, 6) is 1.26. The van der Waals surface area contributed by atoms with E-state index in [1.165, 1.54) is 84.8 Å². The molecule has 0 bridgehead atoms. The van der Waals surface area contributed by atoms with E-state index in [9.17, 15) is 0 Å². The molecule has 2 nitrogen and oxygen atoms in total. The molecule has 2 atom stereocenters. The highest BCUT2D eigenvalue weighted by atomic mass is 32.1. The van der Waals surface area contributed by atoms with Crippen LogP contribution in [0.5, 0.6) is 0 Å². The molecule has 0 aliphatic heterocycles. The predicted octanol–water partition coefficient (Wildman–Crippen LogP) is 9.67. The van der Waals surface area contributed by atoms with Gasteiger partial charge in [-0.05, 0) is 101 Å². The smallest absolute Gasteiger partial charge is 0.00480 e. The zero-order chi connectivity index (χ0) is 28.8. The Balaban J connectivity index is 0.000000538. The Hall–Kier alpha value is -1.81. The molecule has 2 unspecified atom stereocenters. The lowest BCUT2D eigenvalue weighted by Crippen LogP contribution is -2.08. The molecule has 2 saturated carbocycles. The third-order valence-electron chi connectivity index (χ3n) is 7.09. The van der Waals surface area contributed by atoms with Crippen LogP contribution >= 0.6 is 12.6 Å². The minimum absolute atomic E-state index is 0.629. The van der Waals surface area contributed by atoms with Crippen LogP contribution in [0.1, 0.15) is 112 Å². The number of allylic oxidation sites excluding steroid dienone is 2. The molecule has 2 aliphatic carbocycles. The minimum Gasteiger partial charge on any atom is -0.330 e. The first-order valence-electron chi connectivity index (χ1n) is 14.7.